The van der Waals surface area contributed by atoms with Crippen molar-refractivity contribution in [1.82, 2.24) is 5.16 Å². The van der Waals surface area contributed by atoms with Crippen molar-refractivity contribution in [2.45, 2.75) is 45.8 Å². The number of thioether (sulfide) groups is 1. The van der Waals surface area contributed by atoms with Crippen LogP contribution in [0.2, 0.25) is 0 Å². The second kappa shape index (κ2) is 10.8. The predicted octanol–water partition coefficient (Wildman–Crippen LogP) is 3.66. The molecule has 0 radical (unpaired) electrons. The number of nitrogens with one attached hydrogen (secondary N) is 2. The van der Waals surface area contributed by atoms with Gasteiger partial charge in [0.15, 0.2) is 12.4 Å². The summed E-state index contributed by atoms with van der Waals surface area (Å²) < 4.78 is 9.92. The lowest BCUT2D eigenvalue weighted by Crippen LogP contribution is -2.26. The van der Waals surface area contributed by atoms with Crippen LogP contribution in [0, 0.1) is 13.8 Å². The minimum atomic E-state index is -0.569. The van der Waals surface area contributed by atoms with Crippen LogP contribution in [0.1, 0.15) is 43.6 Å². The Labute approximate surface area is 180 Å². The molecule has 162 valence electrons. The zero-order valence-corrected chi connectivity index (χ0v) is 18.6. The van der Waals surface area contributed by atoms with Gasteiger partial charge in [0.05, 0.1) is 11.0 Å². The molecular formula is C21H27N3O5S. The summed E-state index contributed by atoms with van der Waals surface area (Å²) in [6.45, 7) is 9.00. The van der Waals surface area contributed by atoms with Gasteiger partial charge in [-0.25, -0.2) is 0 Å². The summed E-state index contributed by atoms with van der Waals surface area (Å²) in [6.07, 6.45) is 0. The molecule has 30 heavy (non-hydrogen) atoms. The van der Waals surface area contributed by atoms with Crippen molar-refractivity contribution in [2.24, 2.45) is 0 Å². The molecule has 9 heteroatoms. The molecule has 1 aromatic carbocycles. The quantitative estimate of drug-likeness (QED) is 0.581. The highest BCUT2D eigenvalue weighted by molar-refractivity contribution is 8.01. The largest absolute Gasteiger partial charge is 0.455 e. The topological polar surface area (TPSA) is 111 Å². The van der Waals surface area contributed by atoms with Crippen LogP contribution in [0.5, 0.6) is 0 Å². The lowest BCUT2D eigenvalue weighted by molar-refractivity contribution is -0.144. The van der Waals surface area contributed by atoms with E-state index in [4.69, 9.17) is 9.26 Å². The summed E-state index contributed by atoms with van der Waals surface area (Å²) in [5.74, 6) is -0.188. The molecule has 0 saturated heterocycles. The summed E-state index contributed by atoms with van der Waals surface area (Å²) in [5.41, 5.74) is 2.71. The molecule has 0 aliphatic rings. The molecule has 0 aliphatic heterocycles. The van der Waals surface area contributed by atoms with E-state index in [-0.39, 0.29) is 24.2 Å². The molecule has 0 aliphatic carbocycles. The van der Waals surface area contributed by atoms with E-state index in [0.717, 1.165) is 28.6 Å². The van der Waals surface area contributed by atoms with Crippen molar-refractivity contribution >= 4 is 41.1 Å². The number of carbonyl (C=O) groups excluding carboxylic acids is 3. The Morgan fingerprint density at radius 3 is 2.53 bits per heavy atom. The van der Waals surface area contributed by atoms with Gasteiger partial charge in [0.1, 0.15) is 5.76 Å². The Hall–Kier alpha value is -2.81. The fourth-order valence-electron chi connectivity index (χ4n) is 2.63. The van der Waals surface area contributed by atoms with Gasteiger partial charge in [-0.2, -0.15) is 0 Å². The molecule has 0 unspecified atom stereocenters. The van der Waals surface area contributed by atoms with Crippen molar-refractivity contribution in [2.75, 3.05) is 23.0 Å². The molecule has 0 bridgehead atoms. The number of para-hydroxylation sites is 1. The van der Waals surface area contributed by atoms with E-state index in [1.54, 1.807) is 19.9 Å². The molecule has 2 aromatic rings. The van der Waals surface area contributed by atoms with Gasteiger partial charge < -0.3 is 19.9 Å². The molecule has 2 amide bonds. The summed E-state index contributed by atoms with van der Waals surface area (Å²) >= 11 is 1.11. The standard InChI is InChI=1S/C21H27N3O5S/c1-12(2)16-8-6-7-13(3)20(16)23-18(25)10-28-19(26)11-30-15(5)21(27)22-17-9-14(4)29-24-17/h6-9,12,15H,10-11H2,1-5H3,(H,23,25)(H,22,24,27)/t15-/m1/s1. The molecule has 2 N–H and O–H groups in total. The van der Waals surface area contributed by atoms with Crippen molar-refractivity contribution < 1.29 is 23.6 Å². The van der Waals surface area contributed by atoms with Crippen LogP contribution >= 0.6 is 11.8 Å². The van der Waals surface area contributed by atoms with E-state index < -0.39 is 17.1 Å². The molecule has 0 fully saturated rings. The Bertz CT molecular complexity index is 910. The molecule has 2 rings (SSSR count). The summed E-state index contributed by atoms with van der Waals surface area (Å²) in [6, 6.07) is 7.42. The average Bonchev–Trinajstić information content (AvgIpc) is 3.10. The minimum Gasteiger partial charge on any atom is -0.455 e. The summed E-state index contributed by atoms with van der Waals surface area (Å²) in [7, 11) is 0. The number of amides is 2. The molecular weight excluding hydrogens is 406 g/mol. The number of aryl methyl sites for hydroxylation is 2. The van der Waals surface area contributed by atoms with Gasteiger partial charge in [-0.15, -0.1) is 11.8 Å². The fraction of sp³-hybridized carbons (Fsp3) is 0.429. The van der Waals surface area contributed by atoms with Gasteiger partial charge in [-0.05, 0) is 37.8 Å². The first kappa shape index (κ1) is 23.5. The van der Waals surface area contributed by atoms with Crippen molar-refractivity contribution in [3.63, 3.8) is 0 Å². The third-order valence-electron chi connectivity index (χ3n) is 4.26. The number of carbonyl (C=O) groups is 3. The molecule has 1 aromatic heterocycles. The van der Waals surface area contributed by atoms with Gasteiger partial charge in [-0.1, -0.05) is 37.2 Å². The number of anilines is 2. The molecule has 0 spiro atoms. The Morgan fingerprint density at radius 1 is 1.17 bits per heavy atom. The zero-order chi connectivity index (χ0) is 22.3. The minimum absolute atomic E-state index is 0.0542. The van der Waals surface area contributed by atoms with Crippen molar-refractivity contribution in [3.8, 4) is 0 Å². The summed E-state index contributed by atoms with van der Waals surface area (Å²) in [5, 5.41) is 8.60. The van der Waals surface area contributed by atoms with Crippen LogP contribution < -0.4 is 10.6 Å². The van der Waals surface area contributed by atoms with Crippen LogP contribution in [0.3, 0.4) is 0 Å². The molecule has 1 heterocycles. The van der Waals surface area contributed by atoms with E-state index in [1.165, 1.54) is 0 Å². The Balaban J connectivity index is 1.76. The van der Waals surface area contributed by atoms with Gasteiger partial charge in [0.2, 0.25) is 5.91 Å². The molecule has 8 nitrogen and oxygen atoms in total. The van der Waals surface area contributed by atoms with E-state index in [9.17, 15) is 14.4 Å². The first-order valence-corrected chi connectivity index (χ1v) is 10.6. The molecule has 0 saturated carbocycles. The average molecular weight is 434 g/mol. The first-order valence-electron chi connectivity index (χ1n) is 9.58. The van der Waals surface area contributed by atoms with Crippen LogP contribution in [0.25, 0.3) is 0 Å². The Morgan fingerprint density at radius 2 is 1.90 bits per heavy atom. The maximum absolute atomic E-state index is 12.2. The van der Waals surface area contributed by atoms with Crippen molar-refractivity contribution in [3.05, 3.63) is 41.2 Å². The highest BCUT2D eigenvalue weighted by Crippen LogP contribution is 2.27. The normalized spacial score (nSPS) is 11.8. The van der Waals surface area contributed by atoms with Crippen LogP contribution in [-0.2, 0) is 19.1 Å². The van der Waals surface area contributed by atoms with E-state index >= 15 is 0 Å². The van der Waals surface area contributed by atoms with E-state index in [2.05, 4.69) is 15.8 Å². The van der Waals surface area contributed by atoms with Gasteiger partial charge in [-0.3, -0.25) is 14.4 Å². The lowest BCUT2D eigenvalue weighted by Gasteiger charge is -2.16. The third kappa shape index (κ3) is 6.91. The monoisotopic (exact) mass is 433 g/mol. The highest BCUT2D eigenvalue weighted by Gasteiger charge is 2.18. The smallest absolute Gasteiger partial charge is 0.316 e. The lowest BCUT2D eigenvalue weighted by atomic mass is 9.98. The zero-order valence-electron chi connectivity index (χ0n) is 17.8. The third-order valence-corrected chi connectivity index (χ3v) is 5.37. The fourth-order valence-corrected chi connectivity index (χ4v) is 3.31. The molecule has 1 atom stereocenters. The maximum Gasteiger partial charge on any atom is 0.316 e. The number of rotatable bonds is 9. The van der Waals surface area contributed by atoms with Crippen LogP contribution in [0.4, 0.5) is 11.5 Å². The van der Waals surface area contributed by atoms with Gasteiger partial charge in [0, 0.05) is 11.8 Å². The number of aromatic nitrogens is 1. The van der Waals surface area contributed by atoms with Crippen LogP contribution in [0.15, 0.2) is 28.8 Å². The van der Waals surface area contributed by atoms with Crippen LogP contribution in [-0.4, -0.2) is 40.6 Å². The number of benzene rings is 1. The van der Waals surface area contributed by atoms with E-state index in [0.29, 0.717) is 11.6 Å². The van der Waals surface area contributed by atoms with E-state index in [1.807, 2.05) is 39.0 Å². The number of nitrogens with zero attached hydrogens (tertiary/aromatic N) is 1. The maximum atomic E-state index is 12.2. The van der Waals surface area contributed by atoms with Crippen molar-refractivity contribution in [1.29, 1.82) is 0 Å². The number of hydrogen-bond acceptors (Lipinski definition) is 7. The summed E-state index contributed by atoms with van der Waals surface area (Å²) in [4.78, 5) is 36.3. The second-order valence-electron chi connectivity index (χ2n) is 7.17. The van der Waals surface area contributed by atoms with Gasteiger partial charge in [0.25, 0.3) is 5.91 Å². The Kier molecular flexibility index (Phi) is 8.46. The second-order valence-corrected chi connectivity index (χ2v) is 8.50. The highest BCUT2D eigenvalue weighted by atomic mass is 32.2. The predicted molar refractivity (Wildman–Crippen MR) is 117 cm³/mol. The first-order chi connectivity index (χ1) is 14.2. The SMILES string of the molecule is Cc1cc(NC(=O)[C@@H](C)SCC(=O)OCC(=O)Nc2c(C)cccc2C(C)C)no1. The number of hydrogen-bond donors (Lipinski definition) is 2. The number of ether oxygens (including phenoxy) is 1. The van der Waals surface area contributed by atoms with Gasteiger partial charge >= 0.3 is 5.97 Å². The number of esters is 1.